The van der Waals surface area contributed by atoms with Gasteiger partial charge < -0.3 is 15.4 Å². The molecule has 1 amide bonds. The van der Waals surface area contributed by atoms with Gasteiger partial charge in [0.25, 0.3) is 0 Å². The first-order valence-corrected chi connectivity index (χ1v) is 6.59. The lowest BCUT2D eigenvalue weighted by Gasteiger charge is -2.18. The average Bonchev–Trinajstić information content (AvgIpc) is 2.82. The van der Waals surface area contributed by atoms with Crippen molar-refractivity contribution in [2.45, 2.75) is 18.8 Å². The molecule has 1 aromatic rings. The predicted octanol–water partition coefficient (Wildman–Crippen LogP) is 1.55. The lowest BCUT2D eigenvalue weighted by molar-refractivity contribution is -0.174. The van der Waals surface area contributed by atoms with E-state index in [2.05, 4.69) is 0 Å². The zero-order chi connectivity index (χ0) is 15.5. The Labute approximate surface area is 120 Å². The fourth-order valence-electron chi connectivity index (χ4n) is 2.30. The molecule has 0 spiro atoms. The molecule has 0 aromatic heterocycles. The summed E-state index contributed by atoms with van der Waals surface area (Å²) in [5.74, 6) is -2.12. The zero-order valence-corrected chi connectivity index (χ0v) is 11.3. The standard InChI is InChI=1S/C14H17F3N2O2/c15-14(16,17)11-6-19(7-12(11)18)13(20)9-21-8-10-4-2-1-3-5-10/h1-5,11-12H,6-9,18H2. The minimum atomic E-state index is -4.38. The van der Waals surface area contributed by atoms with Gasteiger partial charge in [-0.05, 0) is 5.56 Å². The highest BCUT2D eigenvalue weighted by molar-refractivity contribution is 5.77. The third kappa shape index (κ3) is 4.18. The lowest BCUT2D eigenvalue weighted by atomic mass is 10.1. The van der Waals surface area contributed by atoms with Crippen LogP contribution in [0.5, 0.6) is 0 Å². The molecule has 1 fully saturated rings. The fourth-order valence-corrected chi connectivity index (χ4v) is 2.30. The SMILES string of the molecule is NC1CN(C(=O)COCc2ccccc2)CC1C(F)(F)F. The molecule has 7 heteroatoms. The first-order chi connectivity index (χ1) is 9.88. The molecule has 21 heavy (non-hydrogen) atoms. The summed E-state index contributed by atoms with van der Waals surface area (Å²) < 4.78 is 43.3. The van der Waals surface area contributed by atoms with Gasteiger partial charge >= 0.3 is 6.18 Å². The number of halogens is 3. The Bertz CT molecular complexity index is 479. The fraction of sp³-hybridized carbons (Fsp3) is 0.500. The maximum atomic E-state index is 12.7. The molecular weight excluding hydrogens is 285 g/mol. The number of amides is 1. The first kappa shape index (κ1) is 15.8. The van der Waals surface area contributed by atoms with Crippen LogP contribution in [0.1, 0.15) is 5.56 Å². The maximum absolute atomic E-state index is 12.7. The van der Waals surface area contributed by atoms with Crippen molar-refractivity contribution in [3.63, 3.8) is 0 Å². The van der Waals surface area contributed by atoms with Crippen molar-refractivity contribution in [3.8, 4) is 0 Å². The summed E-state index contributed by atoms with van der Waals surface area (Å²) in [7, 11) is 0. The third-order valence-electron chi connectivity index (χ3n) is 3.48. The molecule has 1 aromatic carbocycles. The quantitative estimate of drug-likeness (QED) is 0.918. The number of benzene rings is 1. The Morgan fingerprint density at radius 3 is 2.52 bits per heavy atom. The van der Waals surface area contributed by atoms with Crippen LogP contribution in [0, 0.1) is 5.92 Å². The number of carbonyl (C=O) groups excluding carboxylic acids is 1. The largest absolute Gasteiger partial charge is 0.395 e. The van der Waals surface area contributed by atoms with Gasteiger partial charge in [0.2, 0.25) is 5.91 Å². The second kappa shape index (κ2) is 6.44. The summed E-state index contributed by atoms with van der Waals surface area (Å²) in [5.41, 5.74) is 6.36. The number of nitrogens with zero attached hydrogens (tertiary/aromatic N) is 1. The Morgan fingerprint density at radius 1 is 1.29 bits per heavy atom. The molecule has 1 saturated heterocycles. The van der Waals surface area contributed by atoms with Crippen molar-refractivity contribution in [2.75, 3.05) is 19.7 Å². The predicted molar refractivity (Wildman–Crippen MR) is 70.2 cm³/mol. The van der Waals surface area contributed by atoms with Crippen molar-refractivity contribution < 1.29 is 22.7 Å². The van der Waals surface area contributed by atoms with Gasteiger partial charge in [-0.1, -0.05) is 30.3 Å². The Balaban J connectivity index is 1.79. The molecule has 1 aliphatic heterocycles. The number of carbonyl (C=O) groups is 1. The van der Waals surface area contributed by atoms with E-state index in [0.29, 0.717) is 0 Å². The molecule has 0 bridgehead atoms. The van der Waals surface area contributed by atoms with Gasteiger partial charge in [-0.3, -0.25) is 4.79 Å². The van der Waals surface area contributed by atoms with Crippen molar-refractivity contribution in [2.24, 2.45) is 11.7 Å². The average molecular weight is 302 g/mol. The summed E-state index contributed by atoms with van der Waals surface area (Å²) >= 11 is 0. The summed E-state index contributed by atoms with van der Waals surface area (Å²) in [6.45, 7) is -0.475. The molecule has 2 N–H and O–H groups in total. The molecule has 0 aliphatic carbocycles. The number of nitrogens with two attached hydrogens (primary N) is 1. The number of likely N-dealkylation sites (tertiary alicyclic amines) is 1. The van der Waals surface area contributed by atoms with Crippen LogP contribution < -0.4 is 5.73 Å². The summed E-state index contributed by atoms with van der Waals surface area (Å²) in [6.07, 6.45) is -4.38. The van der Waals surface area contributed by atoms with E-state index in [-0.39, 0.29) is 19.8 Å². The summed E-state index contributed by atoms with van der Waals surface area (Å²) in [4.78, 5) is 13.0. The number of rotatable bonds is 4. The van der Waals surface area contributed by atoms with Crippen LogP contribution in [0.4, 0.5) is 13.2 Å². The zero-order valence-electron chi connectivity index (χ0n) is 11.3. The Hall–Kier alpha value is -1.60. The van der Waals surface area contributed by atoms with Crippen LogP contribution in [0.15, 0.2) is 30.3 Å². The van der Waals surface area contributed by atoms with E-state index < -0.39 is 30.6 Å². The van der Waals surface area contributed by atoms with Crippen molar-refractivity contribution in [1.82, 2.24) is 4.90 Å². The normalized spacial score (nSPS) is 22.6. The van der Waals surface area contributed by atoms with Crippen LogP contribution in [0.2, 0.25) is 0 Å². The second-order valence-electron chi connectivity index (χ2n) is 5.09. The molecular formula is C14H17F3N2O2. The van der Waals surface area contributed by atoms with Crippen LogP contribution in [-0.4, -0.2) is 42.7 Å². The lowest BCUT2D eigenvalue weighted by Crippen LogP contribution is -2.38. The number of hydrogen-bond acceptors (Lipinski definition) is 3. The number of hydrogen-bond donors (Lipinski definition) is 1. The summed E-state index contributed by atoms with van der Waals surface area (Å²) in [6, 6.07) is 8.16. The molecule has 2 unspecified atom stereocenters. The molecule has 116 valence electrons. The van der Waals surface area contributed by atoms with Crippen LogP contribution in [0.3, 0.4) is 0 Å². The van der Waals surface area contributed by atoms with Gasteiger partial charge in [-0.2, -0.15) is 13.2 Å². The van der Waals surface area contributed by atoms with Crippen LogP contribution in [0.25, 0.3) is 0 Å². The van der Waals surface area contributed by atoms with Gasteiger partial charge in [0.15, 0.2) is 0 Å². The highest BCUT2D eigenvalue weighted by Gasteiger charge is 2.49. The highest BCUT2D eigenvalue weighted by atomic mass is 19.4. The summed E-state index contributed by atoms with van der Waals surface area (Å²) in [5, 5.41) is 0. The van der Waals surface area contributed by atoms with E-state index in [9.17, 15) is 18.0 Å². The Morgan fingerprint density at radius 2 is 1.95 bits per heavy atom. The highest BCUT2D eigenvalue weighted by Crippen LogP contribution is 2.32. The van der Waals surface area contributed by atoms with E-state index in [1.54, 1.807) is 0 Å². The maximum Gasteiger partial charge on any atom is 0.395 e. The second-order valence-corrected chi connectivity index (χ2v) is 5.09. The third-order valence-corrected chi connectivity index (χ3v) is 3.48. The molecule has 2 rings (SSSR count). The van der Waals surface area contributed by atoms with Gasteiger partial charge in [0.1, 0.15) is 6.61 Å². The van der Waals surface area contributed by atoms with Crippen LogP contribution >= 0.6 is 0 Å². The van der Waals surface area contributed by atoms with E-state index in [4.69, 9.17) is 10.5 Å². The molecule has 4 nitrogen and oxygen atoms in total. The monoisotopic (exact) mass is 302 g/mol. The van der Waals surface area contributed by atoms with E-state index in [0.717, 1.165) is 10.5 Å². The van der Waals surface area contributed by atoms with Crippen molar-refractivity contribution >= 4 is 5.91 Å². The van der Waals surface area contributed by atoms with Crippen molar-refractivity contribution in [1.29, 1.82) is 0 Å². The van der Waals surface area contributed by atoms with E-state index in [1.165, 1.54) is 0 Å². The van der Waals surface area contributed by atoms with Crippen LogP contribution in [-0.2, 0) is 16.1 Å². The molecule has 1 heterocycles. The topological polar surface area (TPSA) is 55.6 Å². The van der Waals surface area contributed by atoms with Gasteiger partial charge in [0, 0.05) is 19.1 Å². The minimum absolute atomic E-state index is 0.0856. The van der Waals surface area contributed by atoms with Gasteiger partial charge in [0.05, 0.1) is 12.5 Å². The molecule has 0 saturated carbocycles. The number of ether oxygens (including phenoxy) is 1. The molecule has 2 atom stereocenters. The van der Waals surface area contributed by atoms with Gasteiger partial charge in [-0.15, -0.1) is 0 Å². The molecule has 1 aliphatic rings. The smallest absolute Gasteiger partial charge is 0.367 e. The van der Waals surface area contributed by atoms with Gasteiger partial charge in [-0.25, -0.2) is 0 Å². The minimum Gasteiger partial charge on any atom is -0.367 e. The number of alkyl halides is 3. The van der Waals surface area contributed by atoms with E-state index >= 15 is 0 Å². The van der Waals surface area contributed by atoms with E-state index in [1.807, 2.05) is 30.3 Å². The Kier molecular flexibility index (Phi) is 4.84. The van der Waals surface area contributed by atoms with Crippen molar-refractivity contribution in [3.05, 3.63) is 35.9 Å². The first-order valence-electron chi connectivity index (χ1n) is 6.59. The molecule has 0 radical (unpaired) electrons.